The van der Waals surface area contributed by atoms with Crippen molar-refractivity contribution in [1.29, 1.82) is 0 Å². The van der Waals surface area contributed by atoms with Gasteiger partial charge >= 0.3 is 0 Å². The molecule has 0 amide bonds. The van der Waals surface area contributed by atoms with Gasteiger partial charge in [0.2, 0.25) is 0 Å². The van der Waals surface area contributed by atoms with Crippen LogP contribution in [0.1, 0.15) is 74.9 Å². The van der Waals surface area contributed by atoms with E-state index in [2.05, 4.69) is 65.8 Å². The van der Waals surface area contributed by atoms with Crippen LogP contribution in [-0.2, 0) is 38.5 Å². The van der Waals surface area contributed by atoms with Crippen molar-refractivity contribution in [3.63, 3.8) is 0 Å². The molecule has 0 unspecified atom stereocenters. The van der Waals surface area contributed by atoms with Gasteiger partial charge in [-0.15, -0.1) is 0 Å². The summed E-state index contributed by atoms with van der Waals surface area (Å²) in [6, 6.07) is 9.94. The van der Waals surface area contributed by atoms with Gasteiger partial charge in [-0.25, -0.2) is 0 Å². The molecule has 25 heavy (non-hydrogen) atoms. The van der Waals surface area contributed by atoms with Crippen LogP contribution in [0, 0.1) is 0 Å². The highest BCUT2D eigenvalue weighted by molar-refractivity contribution is 6.69. The van der Waals surface area contributed by atoms with Gasteiger partial charge in [0.05, 0.1) is 9.52 Å². The second-order valence-corrected chi connectivity index (χ2v) is 8.85. The van der Waals surface area contributed by atoms with Crippen molar-refractivity contribution in [3.8, 4) is 0 Å². The predicted octanol–water partition coefficient (Wildman–Crippen LogP) is 4.18. The maximum Gasteiger partial charge on any atom is 0.0889 e. The van der Waals surface area contributed by atoms with E-state index in [0.717, 1.165) is 12.8 Å². The molecule has 0 aliphatic heterocycles. The molecule has 0 aliphatic rings. The Morgan fingerprint density at radius 2 is 0.760 bits per heavy atom. The van der Waals surface area contributed by atoms with Crippen molar-refractivity contribution < 1.29 is 0 Å². The molecule has 0 aromatic heterocycles. The number of benzene rings is 2. The van der Waals surface area contributed by atoms with Crippen molar-refractivity contribution in [1.82, 2.24) is 0 Å². The fourth-order valence-corrected chi connectivity index (χ4v) is 6.71. The Bertz CT molecular complexity index is 601. The Kier molecular flexibility index (Phi) is 7.50. The Morgan fingerprint density at radius 3 is 0.960 bits per heavy atom. The SMILES string of the molecule is CCc1cc(CC)c([SiH2]c2c(CC)cc(CC)cc2CC)c(CC)c1. The third-order valence-electron chi connectivity index (χ3n) is 5.68. The van der Waals surface area contributed by atoms with E-state index in [4.69, 9.17) is 0 Å². The van der Waals surface area contributed by atoms with Gasteiger partial charge in [-0.1, -0.05) is 76.2 Å². The van der Waals surface area contributed by atoms with Crippen LogP contribution in [0.4, 0.5) is 0 Å². The summed E-state index contributed by atoms with van der Waals surface area (Å²) in [5.74, 6) is 0. The van der Waals surface area contributed by atoms with Crippen LogP contribution < -0.4 is 10.4 Å². The first-order valence-electron chi connectivity index (χ1n) is 10.4. The largest absolute Gasteiger partial charge is 0.0889 e. The number of hydrogen-bond acceptors (Lipinski definition) is 0. The van der Waals surface area contributed by atoms with Crippen LogP contribution in [-0.4, -0.2) is 9.52 Å². The molecule has 0 heterocycles. The van der Waals surface area contributed by atoms with Crippen molar-refractivity contribution in [2.24, 2.45) is 0 Å². The maximum atomic E-state index is 2.49. The molecule has 2 rings (SSSR count). The minimum atomic E-state index is -0.441. The first-order valence-corrected chi connectivity index (χ1v) is 11.8. The Labute approximate surface area is 157 Å². The van der Waals surface area contributed by atoms with Crippen LogP contribution in [0.3, 0.4) is 0 Å². The van der Waals surface area contributed by atoms with Gasteiger partial charge < -0.3 is 0 Å². The standard InChI is InChI=1S/C24H36Si/c1-7-17-13-19(9-3)23(20(10-4)14-17)25-24-21(11-5)15-18(8-2)16-22(24)12-6/h13-16H,7-12,25H2,1-6H3. The summed E-state index contributed by atoms with van der Waals surface area (Å²) < 4.78 is 0. The summed E-state index contributed by atoms with van der Waals surface area (Å²) in [4.78, 5) is 0. The summed E-state index contributed by atoms with van der Waals surface area (Å²) >= 11 is 0. The molecule has 2 aromatic rings. The van der Waals surface area contributed by atoms with Crippen LogP contribution in [0.15, 0.2) is 24.3 Å². The molecule has 0 radical (unpaired) electrons. The maximum absolute atomic E-state index is 2.49. The molecule has 0 bridgehead atoms. The molecule has 0 N–H and O–H groups in total. The predicted molar refractivity (Wildman–Crippen MR) is 117 cm³/mol. The first-order chi connectivity index (χ1) is 12.1. The van der Waals surface area contributed by atoms with E-state index < -0.39 is 9.52 Å². The van der Waals surface area contributed by atoms with Crippen LogP contribution in [0.5, 0.6) is 0 Å². The quantitative estimate of drug-likeness (QED) is 0.625. The van der Waals surface area contributed by atoms with Crippen molar-refractivity contribution in [3.05, 3.63) is 57.6 Å². The molecule has 0 aliphatic carbocycles. The zero-order valence-electron chi connectivity index (χ0n) is 17.3. The molecule has 0 saturated heterocycles. The third kappa shape index (κ3) is 4.44. The molecular formula is C24H36Si. The molecule has 0 spiro atoms. The van der Waals surface area contributed by atoms with Crippen molar-refractivity contribution in [2.45, 2.75) is 80.1 Å². The zero-order valence-corrected chi connectivity index (χ0v) is 18.7. The van der Waals surface area contributed by atoms with E-state index >= 15 is 0 Å². The average molecular weight is 353 g/mol. The number of rotatable bonds is 8. The summed E-state index contributed by atoms with van der Waals surface area (Å²) in [6.07, 6.45) is 6.96. The normalized spacial score (nSPS) is 11.1. The van der Waals surface area contributed by atoms with E-state index in [1.807, 2.05) is 0 Å². The summed E-state index contributed by atoms with van der Waals surface area (Å²) in [5, 5.41) is 3.46. The third-order valence-corrected chi connectivity index (χ3v) is 8.21. The van der Waals surface area contributed by atoms with E-state index in [0.29, 0.717) is 0 Å². The van der Waals surface area contributed by atoms with Gasteiger partial charge in [-0.05, 0) is 71.9 Å². The van der Waals surface area contributed by atoms with E-state index in [9.17, 15) is 0 Å². The van der Waals surface area contributed by atoms with Crippen LogP contribution in [0.2, 0.25) is 0 Å². The van der Waals surface area contributed by atoms with Gasteiger partial charge in [0.1, 0.15) is 0 Å². The molecule has 2 aromatic carbocycles. The van der Waals surface area contributed by atoms with E-state index in [-0.39, 0.29) is 0 Å². The molecule has 0 saturated carbocycles. The van der Waals surface area contributed by atoms with E-state index in [1.54, 1.807) is 32.6 Å². The minimum absolute atomic E-state index is 0.441. The number of aryl methyl sites for hydroxylation is 6. The second kappa shape index (κ2) is 9.38. The number of hydrogen-bond donors (Lipinski definition) is 0. The van der Waals surface area contributed by atoms with Crippen LogP contribution in [0.25, 0.3) is 0 Å². The average Bonchev–Trinajstić information content (AvgIpc) is 2.67. The highest BCUT2D eigenvalue weighted by atomic mass is 28.2. The van der Waals surface area contributed by atoms with E-state index in [1.165, 1.54) is 36.8 Å². The monoisotopic (exact) mass is 352 g/mol. The fraction of sp³-hybridized carbons (Fsp3) is 0.500. The topological polar surface area (TPSA) is 0 Å². The minimum Gasteiger partial charge on any atom is -0.0613 e. The Hall–Kier alpha value is -1.34. The zero-order chi connectivity index (χ0) is 18.4. The molecule has 0 atom stereocenters. The van der Waals surface area contributed by atoms with Gasteiger partial charge in [0.15, 0.2) is 0 Å². The van der Waals surface area contributed by atoms with Gasteiger partial charge in [0.25, 0.3) is 0 Å². The summed E-state index contributed by atoms with van der Waals surface area (Å²) in [6.45, 7) is 13.9. The first kappa shape index (κ1) is 20.0. The van der Waals surface area contributed by atoms with Crippen molar-refractivity contribution >= 4 is 19.9 Å². The molecule has 136 valence electrons. The lowest BCUT2D eigenvalue weighted by Gasteiger charge is -2.20. The molecular weight excluding hydrogens is 316 g/mol. The molecule has 0 nitrogen and oxygen atoms in total. The van der Waals surface area contributed by atoms with Gasteiger partial charge in [0, 0.05) is 0 Å². The lowest BCUT2D eigenvalue weighted by Crippen LogP contribution is -2.37. The van der Waals surface area contributed by atoms with Crippen molar-refractivity contribution in [2.75, 3.05) is 0 Å². The highest BCUT2D eigenvalue weighted by Crippen LogP contribution is 2.14. The summed E-state index contributed by atoms with van der Waals surface area (Å²) in [5.41, 5.74) is 9.49. The van der Waals surface area contributed by atoms with Gasteiger partial charge in [-0.2, -0.15) is 0 Å². The second-order valence-electron chi connectivity index (χ2n) is 7.08. The fourth-order valence-electron chi connectivity index (χ4n) is 4.04. The molecule has 1 heteroatoms. The lowest BCUT2D eigenvalue weighted by atomic mass is 10.0. The van der Waals surface area contributed by atoms with Gasteiger partial charge in [-0.3, -0.25) is 0 Å². The Morgan fingerprint density at radius 1 is 0.480 bits per heavy atom. The van der Waals surface area contributed by atoms with Crippen LogP contribution >= 0.6 is 0 Å². The lowest BCUT2D eigenvalue weighted by molar-refractivity contribution is 1.05. The highest BCUT2D eigenvalue weighted by Gasteiger charge is 2.15. The summed E-state index contributed by atoms with van der Waals surface area (Å²) in [7, 11) is -0.441. The molecule has 0 fully saturated rings. The Balaban J connectivity index is 2.59. The smallest absolute Gasteiger partial charge is 0.0613 e.